The lowest BCUT2D eigenvalue weighted by atomic mass is 10.3. The van der Waals surface area contributed by atoms with Crippen LogP contribution in [-0.2, 0) is 4.74 Å². The second-order valence-corrected chi connectivity index (χ2v) is 4.73. The number of aromatic nitrogens is 2. The second-order valence-electron chi connectivity index (χ2n) is 3.62. The van der Waals surface area contributed by atoms with Crippen molar-refractivity contribution < 1.29 is 9.84 Å². The van der Waals surface area contributed by atoms with Gasteiger partial charge >= 0.3 is 5.82 Å². The maximum atomic E-state index is 8.93. The molecule has 0 aliphatic heterocycles. The van der Waals surface area contributed by atoms with E-state index in [1.165, 1.54) is 0 Å². The van der Waals surface area contributed by atoms with Gasteiger partial charge in [-0.1, -0.05) is 6.57 Å². The fourth-order valence-electron chi connectivity index (χ4n) is 1.45. The average molecular weight is 350 g/mol. The van der Waals surface area contributed by atoms with Crippen molar-refractivity contribution in [1.29, 1.82) is 0 Å². The summed E-state index contributed by atoms with van der Waals surface area (Å²) < 4.78 is 5.43. The van der Waals surface area contributed by atoms with Crippen LogP contribution in [0, 0.1) is 6.57 Å². The summed E-state index contributed by atoms with van der Waals surface area (Å²) in [7, 11) is 1.60. The predicted molar refractivity (Wildman–Crippen MR) is 76.8 cm³/mol. The van der Waals surface area contributed by atoms with Crippen molar-refractivity contribution in [2.24, 2.45) is 0 Å². The number of aliphatic hydroxyl groups excluding tert-OH is 1. The Morgan fingerprint density at radius 1 is 1.47 bits per heavy atom. The number of ether oxygens (including phenoxy) is 1. The van der Waals surface area contributed by atoms with Gasteiger partial charge in [-0.25, -0.2) is 4.98 Å². The van der Waals surface area contributed by atoms with Gasteiger partial charge in [-0.2, -0.15) is 0 Å². The molecule has 1 N–H and O–H groups in total. The molecular weight excluding hydrogens is 336 g/mol. The SMILES string of the molecule is [C-]#[N+]c1nc(Cl)c(Br)nc1N(CCCO)CCOC. The van der Waals surface area contributed by atoms with Crippen molar-refractivity contribution >= 4 is 39.2 Å². The van der Waals surface area contributed by atoms with Crippen LogP contribution in [0.2, 0.25) is 5.15 Å². The van der Waals surface area contributed by atoms with E-state index in [1.807, 2.05) is 4.90 Å². The summed E-state index contributed by atoms with van der Waals surface area (Å²) in [6.07, 6.45) is 0.572. The molecule has 6 nitrogen and oxygen atoms in total. The van der Waals surface area contributed by atoms with Gasteiger partial charge in [-0.15, -0.1) is 4.98 Å². The normalized spacial score (nSPS) is 10.3. The van der Waals surface area contributed by atoms with Gasteiger partial charge in [-0.05, 0) is 34.0 Å². The fourth-order valence-corrected chi connectivity index (χ4v) is 1.83. The van der Waals surface area contributed by atoms with E-state index in [1.54, 1.807) is 7.11 Å². The Hall–Kier alpha value is -0.940. The maximum absolute atomic E-state index is 8.93. The molecule has 0 bridgehead atoms. The van der Waals surface area contributed by atoms with Crippen LogP contribution in [0.25, 0.3) is 4.85 Å². The van der Waals surface area contributed by atoms with Crippen molar-refractivity contribution in [3.05, 3.63) is 21.2 Å². The number of anilines is 1. The summed E-state index contributed by atoms with van der Waals surface area (Å²) in [5.74, 6) is 0.582. The zero-order valence-electron chi connectivity index (χ0n) is 10.4. The first-order chi connectivity index (χ1) is 9.13. The summed E-state index contributed by atoms with van der Waals surface area (Å²) in [4.78, 5) is 13.4. The maximum Gasteiger partial charge on any atom is 0.313 e. The Labute approximate surface area is 125 Å². The topological polar surface area (TPSA) is 62.8 Å². The lowest BCUT2D eigenvalue weighted by Crippen LogP contribution is -2.30. The molecule has 1 heterocycles. The van der Waals surface area contributed by atoms with Gasteiger partial charge in [0.15, 0.2) is 10.4 Å². The summed E-state index contributed by atoms with van der Waals surface area (Å²) in [5.41, 5.74) is 0. The van der Waals surface area contributed by atoms with Crippen LogP contribution in [0.1, 0.15) is 6.42 Å². The van der Waals surface area contributed by atoms with Crippen LogP contribution in [0.3, 0.4) is 0 Å². The minimum atomic E-state index is 0.0685. The number of aliphatic hydroxyl groups is 1. The lowest BCUT2D eigenvalue weighted by Gasteiger charge is -2.24. The Kier molecular flexibility index (Phi) is 7.02. The summed E-state index contributed by atoms with van der Waals surface area (Å²) in [6.45, 7) is 8.82. The third kappa shape index (κ3) is 4.58. The smallest absolute Gasteiger partial charge is 0.313 e. The quantitative estimate of drug-likeness (QED) is 0.765. The van der Waals surface area contributed by atoms with Crippen LogP contribution in [-0.4, -0.2) is 48.5 Å². The highest BCUT2D eigenvalue weighted by atomic mass is 79.9. The Morgan fingerprint density at radius 2 is 2.21 bits per heavy atom. The number of rotatable bonds is 7. The van der Waals surface area contributed by atoms with Gasteiger partial charge in [0, 0.05) is 26.8 Å². The molecule has 0 aromatic carbocycles. The van der Waals surface area contributed by atoms with Crippen LogP contribution in [0.15, 0.2) is 4.60 Å². The van der Waals surface area contributed by atoms with Crippen LogP contribution >= 0.6 is 27.5 Å². The second kappa shape index (κ2) is 8.27. The molecule has 0 unspecified atom stereocenters. The Morgan fingerprint density at radius 3 is 2.79 bits per heavy atom. The van der Waals surface area contributed by atoms with Crippen molar-refractivity contribution in [2.45, 2.75) is 6.42 Å². The molecule has 0 amide bonds. The van der Waals surface area contributed by atoms with Crippen LogP contribution in [0.4, 0.5) is 11.6 Å². The minimum absolute atomic E-state index is 0.0685. The summed E-state index contributed by atoms with van der Waals surface area (Å²) in [6, 6.07) is 0. The van der Waals surface area contributed by atoms with Crippen molar-refractivity contribution in [3.63, 3.8) is 0 Å². The number of nitrogens with zero attached hydrogens (tertiary/aromatic N) is 4. The van der Waals surface area contributed by atoms with E-state index in [2.05, 4.69) is 30.7 Å². The van der Waals surface area contributed by atoms with Crippen LogP contribution in [0.5, 0.6) is 0 Å². The standard InChI is InChI=1S/C11H14BrClN4O2/c1-14-10-11(15-8(12)9(13)16-10)17(4-3-6-18)5-7-19-2/h18H,3-7H2,2H3. The molecule has 1 aromatic rings. The third-order valence-corrected chi connectivity index (χ3v) is 3.38. The van der Waals surface area contributed by atoms with Gasteiger partial charge in [-0.3, -0.25) is 0 Å². The molecule has 0 atom stereocenters. The van der Waals surface area contributed by atoms with Gasteiger partial charge < -0.3 is 19.6 Å². The van der Waals surface area contributed by atoms with E-state index in [0.717, 1.165) is 0 Å². The first-order valence-electron chi connectivity index (χ1n) is 5.59. The van der Waals surface area contributed by atoms with Crippen molar-refractivity contribution in [3.8, 4) is 0 Å². The highest BCUT2D eigenvalue weighted by Gasteiger charge is 2.18. The summed E-state index contributed by atoms with van der Waals surface area (Å²) >= 11 is 9.03. The number of hydrogen-bond acceptors (Lipinski definition) is 5. The molecule has 104 valence electrons. The van der Waals surface area contributed by atoms with E-state index in [-0.39, 0.29) is 17.6 Å². The van der Waals surface area contributed by atoms with Gasteiger partial charge in [0.25, 0.3) is 5.15 Å². The van der Waals surface area contributed by atoms with Gasteiger partial charge in [0.2, 0.25) is 0 Å². The van der Waals surface area contributed by atoms with Crippen LogP contribution < -0.4 is 4.90 Å². The molecule has 0 saturated carbocycles. The molecule has 0 spiro atoms. The number of methoxy groups -OCH3 is 1. The molecular formula is C11H14BrClN4O2. The predicted octanol–water partition coefficient (Wildman–Crippen LogP) is 2.28. The van der Waals surface area contributed by atoms with Gasteiger partial charge in [0.1, 0.15) is 0 Å². The number of hydrogen-bond donors (Lipinski definition) is 1. The molecule has 0 saturated heterocycles. The van der Waals surface area contributed by atoms with E-state index in [9.17, 15) is 0 Å². The molecule has 1 rings (SSSR count). The average Bonchev–Trinajstić information content (AvgIpc) is 2.42. The van der Waals surface area contributed by atoms with Crippen molar-refractivity contribution in [2.75, 3.05) is 38.3 Å². The number of halogens is 2. The highest BCUT2D eigenvalue weighted by molar-refractivity contribution is 9.10. The molecule has 19 heavy (non-hydrogen) atoms. The largest absolute Gasteiger partial charge is 0.396 e. The molecule has 0 aliphatic carbocycles. The summed E-state index contributed by atoms with van der Waals surface area (Å²) in [5, 5.41) is 9.08. The first kappa shape index (κ1) is 16.1. The lowest BCUT2D eigenvalue weighted by molar-refractivity contribution is 0.204. The van der Waals surface area contributed by atoms with Crippen molar-refractivity contribution in [1.82, 2.24) is 9.97 Å². The fraction of sp³-hybridized carbons (Fsp3) is 0.545. The zero-order chi connectivity index (χ0) is 14.3. The first-order valence-corrected chi connectivity index (χ1v) is 6.76. The molecule has 8 heteroatoms. The molecule has 0 fully saturated rings. The molecule has 0 radical (unpaired) electrons. The Balaban J connectivity index is 3.05. The molecule has 1 aromatic heterocycles. The minimum Gasteiger partial charge on any atom is -0.396 e. The van der Waals surface area contributed by atoms with E-state index in [4.69, 9.17) is 28.0 Å². The Bertz CT molecular complexity index is 459. The third-order valence-electron chi connectivity index (χ3n) is 2.34. The van der Waals surface area contributed by atoms with E-state index in [0.29, 0.717) is 36.5 Å². The van der Waals surface area contributed by atoms with E-state index < -0.39 is 0 Å². The highest BCUT2D eigenvalue weighted by Crippen LogP contribution is 2.30. The van der Waals surface area contributed by atoms with E-state index >= 15 is 0 Å². The monoisotopic (exact) mass is 348 g/mol. The zero-order valence-corrected chi connectivity index (χ0v) is 12.8. The van der Waals surface area contributed by atoms with Gasteiger partial charge in [0.05, 0.1) is 6.61 Å². The molecule has 0 aliphatic rings.